The van der Waals surface area contributed by atoms with Crippen molar-refractivity contribution in [1.29, 1.82) is 5.26 Å². The van der Waals surface area contributed by atoms with Crippen LogP contribution in [0.4, 0.5) is 14.5 Å². The van der Waals surface area contributed by atoms with Crippen molar-refractivity contribution in [3.63, 3.8) is 0 Å². The van der Waals surface area contributed by atoms with Crippen LogP contribution in [-0.4, -0.2) is 5.91 Å². The van der Waals surface area contributed by atoms with Gasteiger partial charge in [0, 0.05) is 0 Å². The molecule has 0 aromatic heterocycles. The van der Waals surface area contributed by atoms with Crippen LogP contribution in [0.3, 0.4) is 0 Å². The van der Waals surface area contributed by atoms with Gasteiger partial charge in [-0.15, -0.1) is 0 Å². The van der Waals surface area contributed by atoms with Crippen LogP contribution in [0.25, 0.3) is 6.08 Å². The van der Waals surface area contributed by atoms with Crippen molar-refractivity contribution in [2.45, 2.75) is 6.61 Å². The third kappa shape index (κ3) is 5.91. The topological polar surface area (TPSA) is 62.1 Å². The summed E-state index contributed by atoms with van der Waals surface area (Å²) in [5.74, 6) is -1.41. The van der Waals surface area contributed by atoms with E-state index in [4.69, 9.17) is 16.3 Å². The summed E-state index contributed by atoms with van der Waals surface area (Å²) < 4.78 is 33.2. The molecular weight excluding hydrogens is 490 g/mol. The highest BCUT2D eigenvalue weighted by molar-refractivity contribution is 9.10. The van der Waals surface area contributed by atoms with E-state index in [0.29, 0.717) is 21.3 Å². The van der Waals surface area contributed by atoms with E-state index in [2.05, 4.69) is 21.2 Å². The third-order valence-corrected chi connectivity index (χ3v) is 4.96. The van der Waals surface area contributed by atoms with Crippen LogP contribution in [0.15, 0.2) is 70.7 Å². The van der Waals surface area contributed by atoms with Gasteiger partial charge in [-0.25, -0.2) is 8.78 Å². The standard InChI is InChI=1S/C23H14BrClF2N2O2/c24-18-10-15(8-16(12-28)23(30)29-21-7-2-1-6-20(21)27)11-19(25)22(18)31-13-14-4-3-5-17(26)9-14/h1-11H,13H2,(H,29,30)/b16-8-. The van der Waals surface area contributed by atoms with E-state index in [1.807, 2.05) is 0 Å². The number of ether oxygens (including phenoxy) is 1. The maximum absolute atomic E-state index is 13.7. The molecule has 0 aliphatic heterocycles. The first-order valence-corrected chi connectivity index (χ1v) is 10.1. The molecule has 0 atom stereocenters. The molecule has 0 heterocycles. The van der Waals surface area contributed by atoms with Gasteiger partial charge in [-0.2, -0.15) is 5.26 Å². The molecule has 0 radical (unpaired) electrons. The fraction of sp³-hybridized carbons (Fsp3) is 0.0435. The average Bonchev–Trinajstić information content (AvgIpc) is 2.73. The fourth-order valence-corrected chi connectivity index (χ4v) is 3.64. The normalized spacial score (nSPS) is 11.0. The smallest absolute Gasteiger partial charge is 0.266 e. The lowest BCUT2D eigenvalue weighted by atomic mass is 10.1. The van der Waals surface area contributed by atoms with Crippen LogP contribution < -0.4 is 10.1 Å². The number of rotatable bonds is 6. The predicted octanol–water partition coefficient (Wildman–Crippen LogP) is 6.51. The zero-order valence-corrected chi connectivity index (χ0v) is 18.2. The van der Waals surface area contributed by atoms with Gasteiger partial charge in [0.2, 0.25) is 0 Å². The molecule has 0 bridgehead atoms. The van der Waals surface area contributed by atoms with Crippen molar-refractivity contribution in [2.75, 3.05) is 5.32 Å². The Morgan fingerprint density at radius 3 is 2.61 bits per heavy atom. The Kier molecular flexibility index (Phi) is 7.40. The van der Waals surface area contributed by atoms with E-state index in [1.54, 1.807) is 30.3 Å². The maximum atomic E-state index is 13.7. The highest BCUT2D eigenvalue weighted by Crippen LogP contribution is 2.35. The Labute approximate surface area is 190 Å². The van der Waals surface area contributed by atoms with E-state index in [0.717, 1.165) is 0 Å². The lowest BCUT2D eigenvalue weighted by molar-refractivity contribution is -0.112. The molecule has 3 rings (SSSR count). The molecule has 0 unspecified atom stereocenters. The number of para-hydroxylation sites is 1. The largest absolute Gasteiger partial charge is 0.486 e. The van der Waals surface area contributed by atoms with Gasteiger partial charge in [-0.3, -0.25) is 4.79 Å². The molecule has 1 N–H and O–H groups in total. The highest BCUT2D eigenvalue weighted by Gasteiger charge is 2.14. The van der Waals surface area contributed by atoms with Gasteiger partial charge in [0.15, 0.2) is 5.75 Å². The van der Waals surface area contributed by atoms with Gasteiger partial charge in [-0.1, -0.05) is 35.9 Å². The second-order valence-corrected chi connectivity index (χ2v) is 7.60. The highest BCUT2D eigenvalue weighted by atomic mass is 79.9. The first-order valence-electron chi connectivity index (χ1n) is 8.91. The fourth-order valence-electron chi connectivity index (χ4n) is 2.65. The van der Waals surface area contributed by atoms with Crippen LogP contribution >= 0.6 is 27.5 Å². The average molecular weight is 504 g/mol. The minimum atomic E-state index is -0.758. The first-order chi connectivity index (χ1) is 14.9. The van der Waals surface area contributed by atoms with Crippen molar-refractivity contribution in [2.24, 2.45) is 0 Å². The van der Waals surface area contributed by atoms with Crippen LogP contribution in [0.1, 0.15) is 11.1 Å². The van der Waals surface area contributed by atoms with Crippen molar-refractivity contribution in [3.05, 3.63) is 98.5 Å². The summed E-state index contributed by atoms with van der Waals surface area (Å²) >= 11 is 9.65. The van der Waals surface area contributed by atoms with Gasteiger partial charge in [0.1, 0.15) is 29.9 Å². The van der Waals surface area contributed by atoms with E-state index in [1.165, 1.54) is 42.5 Å². The molecule has 0 spiro atoms. The third-order valence-electron chi connectivity index (χ3n) is 4.09. The van der Waals surface area contributed by atoms with E-state index < -0.39 is 11.7 Å². The van der Waals surface area contributed by atoms with Gasteiger partial charge in [0.25, 0.3) is 5.91 Å². The second-order valence-electron chi connectivity index (χ2n) is 6.34. The number of amides is 1. The molecule has 0 fully saturated rings. The van der Waals surface area contributed by atoms with Crippen molar-refractivity contribution in [1.82, 2.24) is 0 Å². The number of nitrogens with zero attached hydrogens (tertiary/aromatic N) is 1. The summed E-state index contributed by atoms with van der Waals surface area (Å²) in [5, 5.41) is 11.9. The monoisotopic (exact) mass is 502 g/mol. The summed E-state index contributed by atoms with van der Waals surface area (Å²) in [4.78, 5) is 12.4. The van der Waals surface area contributed by atoms with Gasteiger partial charge in [0.05, 0.1) is 15.2 Å². The molecule has 0 aliphatic rings. The van der Waals surface area contributed by atoms with E-state index >= 15 is 0 Å². The van der Waals surface area contributed by atoms with Crippen LogP contribution in [-0.2, 0) is 11.4 Å². The Hall–Kier alpha value is -3.21. The zero-order valence-electron chi connectivity index (χ0n) is 15.8. The summed E-state index contributed by atoms with van der Waals surface area (Å²) in [6.45, 7) is 0.0970. The van der Waals surface area contributed by atoms with Crippen LogP contribution in [0, 0.1) is 23.0 Å². The molecule has 0 saturated heterocycles. The molecule has 4 nitrogen and oxygen atoms in total. The minimum Gasteiger partial charge on any atom is -0.486 e. The number of anilines is 1. The first kappa shape index (κ1) is 22.5. The number of nitriles is 1. The molecule has 156 valence electrons. The summed E-state index contributed by atoms with van der Waals surface area (Å²) in [5.41, 5.74) is 0.812. The van der Waals surface area contributed by atoms with Crippen molar-refractivity contribution in [3.8, 4) is 11.8 Å². The molecular formula is C23H14BrClF2N2O2. The summed E-state index contributed by atoms with van der Waals surface area (Å²) in [7, 11) is 0. The molecule has 0 saturated carbocycles. The number of hydrogen-bond acceptors (Lipinski definition) is 3. The lowest BCUT2D eigenvalue weighted by Crippen LogP contribution is -2.14. The Morgan fingerprint density at radius 1 is 1.16 bits per heavy atom. The summed E-state index contributed by atoms with van der Waals surface area (Å²) in [6.07, 6.45) is 1.32. The molecule has 8 heteroatoms. The number of halogens is 4. The van der Waals surface area contributed by atoms with Crippen LogP contribution in [0.5, 0.6) is 5.75 Å². The maximum Gasteiger partial charge on any atom is 0.266 e. The van der Waals surface area contributed by atoms with Crippen LogP contribution in [0.2, 0.25) is 5.02 Å². The second kappa shape index (κ2) is 10.2. The lowest BCUT2D eigenvalue weighted by Gasteiger charge is -2.11. The number of carbonyl (C=O) groups is 1. The SMILES string of the molecule is N#C/C(=C/c1cc(Cl)c(OCc2cccc(F)c2)c(Br)c1)C(=O)Nc1ccccc1F. The summed E-state index contributed by atoms with van der Waals surface area (Å²) in [6, 6.07) is 16.5. The van der Waals surface area contributed by atoms with Crippen molar-refractivity contribution < 1.29 is 18.3 Å². The molecule has 31 heavy (non-hydrogen) atoms. The Morgan fingerprint density at radius 2 is 1.94 bits per heavy atom. The van der Waals surface area contributed by atoms with Crippen molar-refractivity contribution >= 4 is 45.2 Å². The molecule has 1 amide bonds. The van der Waals surface area contributed by atoms with E-state index in [-0.39, 0.29) is 28.7 Å². The quantitative estimate of drug-likeness (QED) is 0.308. The molecule has 0 aliphatic carbocycles. The van der Waals surface area contributed by atoms with E-state index in [9.17, 15) is 18.8 Å². The van der Waals surface area contributed by atoms with Gasteiger partial charge in [-0.05, 0) is 69.5 Å². The number of hydrogen-bond donors (Lipinski definition) is 1. The van der Waals surface area contributed by atoms with Gasteiger partial charge >= 0.3 is 0 Å². The predicted molar refractivity (Wildman–Crippen MR) is 119 cm³/mol. The number of benzene rings is 3. The Balaban J connectivity index is 1.78. The Bertz CT molecular complexity index is 1190. The number of nitrogens with one attached hydrogen (secondary N) is 1. The van der Waals surface area contributed by atoms with Gasteiger partial charge < -0.3 is 10.1 Å². The molecule has 3 aromatic rings. The molecule has 3 aromatic carbocycles. The number of carbonyl (C=O) groups excluding carboxylic acids is 1. The zero-order chi connectivity index (χ0) is 22.4. The minimum absolute atomic E-state index is 0.0334.